The molecule has 2 aromatic rings. The van der Waals surface area contributed by atoms with E-state index in [4.69, 9.17) is 10.9 Å². The Morgan fingerprint density at radius 2 is 2.35 bits per heavy atom. The van der Waals surface area contributed by atoms with Crippen molar-refractivity contribution in [1.29, 1.82) is 0 Å². The van der Waals surface area contributed by atoms with Crippen molar-refractivity contribution in [2.45, 2.75) is 18.4 Å². The van der Waals surface area contributed by atoms with E-state index in [-0.39, 0.29) is 24.0 Å². The molecule has 20 heavy (non-hydrogen) atoms. The van der Waals surface area contributed by atoms with Gasteiger partial charge in [0.2, 0.25) is 5.03 Å². The Kier molecular flexibility index (Phi) is 4.60. The highest BCUT2D eigenvalue weighted by atomic mass is 32.2. The molecule has 2 heterocycles. The highest BCUT2D eigenvalue weighted by molar-refractivity contribution is 7.89. The van der Waals surface area contributed by atoms with Crippen LogP contribution in [-0.4, -0.2) is 46.9 Å². The van der Waals surface area contributed by atoms with Crippen LogP contribution in [0, 0.1) is 0 Å². The number of imidazole rings is 1. The molecule has 0 spiro atoms. The predicted octanol–water partition coefficient (Wildman–Crippen LogP) is 0.0744. The molecule has 0 bridgehead atoms. The minimum absolute atomic E-state index is 0.0241. The molecule has 0 aliphatic rings. The number of aliphatic hydroxyl groups is 1. The van der Waals surface area contributed by atoms with Gasteiger partial charge in [-0.2, -0.15) is 9.29 Å². The molecule has 2 aromatic heterocycles. The fourth-order valence-electron chi connectivity index (χ4n) is 1.92. The van der Waals surface area contributed by atoms with Gasteiger partial charge in [0.05, 0.1) is 0 Å². The summed E-state index contributed by atoms with van der Waals surface area (Å²) in [7, 11) is -3.73. The minimum atomic E-state index is -3.73. The Balaban J connectivity index is 2.51. The molecule has 2 rings (SSSR count). The van der Waals surface area contributed by atoms with Crippen LogP contribution >= 0.6 is 11.3 Å². The van der Waals surface area contributed by atoms with Gasteiger partial charge in [-0.1, -0.05) is 6.92 Å². The Labute approximate surface area is 120 Å². The average Bonchev–Trinajstić information content (AvgIpc) is 2.98. The van der Waals surface area contributed by atoms with Gasteiger partial charge >= 0.3 is 0 Å². The van der Waals surface area contributed by atoms with Crippen LogP contribution < -0.4 is 11.3 Å². The SMILES string of the molecule is CCN(CCCO)S(=O)(=O)c1c(NN)nc2sccn12. The van der Waals surface area contributed by atoms with Crippen molar-refractivity contribution in [1.82, 2.24) is 13.7 Å². The van der Waals surface area contributed by atoms with Crippen molar-refractivity contribution in [3.63, 3.8) is 0 Å². The van der Waals surface area contributed by atoms with Crippen molar-refractivity contribution < 1.29 is 13.5 Å². The van der Waals surface area contributed by atoms with Gasteiger partial charge in [0.25, 0.3) is 10.0 Å². The number of nitrogens with zero attached hydrogens (tertiary/aromatic N) is 3. The number of hydrogen-bond acceptors (Lipinski definition) is 7. The summed E-state index contributed by atoms with van der Waals surface area (Å²) in [6, 6.07) is 0. The number of aliphatic hydroxyl groups excluding tert-OH is 1. The largest absolute Gasteiger partial charge is 0.396 e. The number of hydrazine groups is 1. The second-order valence-electron chi connectivity index (χ2n) is 4.04. The average molecular weight is 319 g/mol. The lowest BCUT2D eigenvalue weighted by Gasteiger charge is -2.20. The van der Waals surface area contributed by atoms with Crippen molar-refractivity contribution >= 4 is 32.1 Å². The maximum absolute atomic E-state index is 12.7. The van der Waals surface area contributed by atoms with E-state index < -0.39 is 10.0 Å². The molecule has 0 saturated carbocycles. The van der Waals surface area contributed by atoms with Gasteiger partial charge in [0, 0.05) is 31.3 Å². The zero-order valence-corrected chi connectivity index (χ0v) is 12.6. The molecule has 0 unspecified atom stereocenters. The second kappa shape index (κ2) is 6.06. The molecule has 4 N–H and O–H groups in total. The van der Waals surface area contributed by atoms with Crippen LogP contribution in [0.4, 0.5) is 5.82 Å². The van der Waals surface area contributed by atoms with E-state index in [0.717, 1.165) is 0 Å². The third-order valence-corrected chi connectivity index (χ3v) is 5.61. The van der Waals surface area contributed by atoms with Crippen molar-refractivity contribution in [3.8, 4) is 0 Å². The first-order valence-corrected chi connectivity index (χ1v) is 8.41. The summed E-state index contributed by atoms with van der Waals surface area (Å²) >= 11 is 1.32. The van der Waals surface area contributed by atoms with Crippen LogP contribution in [0.25, 0.3) is 4.96 Å². The van der Waals surface area contributed by atoms with Crippen LogP contribution in [0.3, 0.4) is 0 Å². The number of nitrogen functional groups attached to an aromatic ring is 1. The van der Waals surface area contributed by atoms with Gasteiger partial charge in [0.1, 0.15) is 0 Å². The Bertz CT molecular complexity index is 678. The van der Waals surface area contributed by atoms with Crippen LogP contribution in [0.2, 0.25) is 0 Å². The molecule has 0 atom stereocenters. The summed E-state index contributed by atoms with van der Waals surface area (Å²) in [5.41, 5.74) is 2.33. The van der Waals surface area contributed by atoms with Crippen molar-refractivity contribution in [2.24, 2.45) is 5.84 Å². The van der Waals surface area contributed by atoms with E-state index in [1.807, 2.05) is 0 Å². The van der Waals surface area contributed by atoms with E-state index in [1.54, 1.807) is 18.5 Å². The van der Waals surface area contributed by atoms with Crippen LogP contribution in [0.5, 0.6) is 0 Å². The van der Waals surface area contributed by atoms with Gasteiger partial charge in [-0.3, -0.25) is 4.40 Å². The molecular weight excluding hydrogens is 302 g/mol. The van der Waals surface area contributed by atoms with Crippen LogP contribution in [-0.2, 0) is 10.0 Å². The number of aromatic nitrogens is 2. The number of fused-ring (bicyclic) bond motifs is 1. The first kappa shape index (κ1) is 15.2. The lowest BCUT2D eigenvalue weighted by Crippen LogP contribution is -2.33. The lowest BCUT2D eigenvalue weighted by atomic mass is 10.4. The van der Waals surface area contributed by atoms with Gasteiger partial charge in [-0.15, -0.1) is 11.3 Å². The molecule has 0 fully saturated rings. The third kappa shape index (κ3) is 2.52. The van der Waals surface area contributed by atoms with Crippen LogP contribution in [0.1, 0.15) is 13.3 Å². The molecule has 8 nitrogen and oxygen atoms in total. The quantitative estimate of drug-likeness (QED) is 0.492. The van der Waals surface area contributed by atoms with E-state index in [9.17, 15) is 8.42 Å². The Morgan fingerprint density at radius 3 is 2.95 bits per heavy atom. The third-order valence-electron chi connectivity index (χ3n) is 2.86. The fraction of sp³-hybridized carbons (Fsp3) is 0.500. The molecule has 0 aromatic carbocycles. The molecule has 0 saturated heterocycles. The monoisotopic (exact) mass is 319 g/mol. The smallest absolute Gasteiger partial charge is 0.262 e. The van der Waals surface area contributed by atoms with Crippen LogP contribution in [0.15, 0.2) is 16.6 Å². The predicted molar refractivity (Wildman–Crippen MR) is 77.0 cm³/mol. The highest BCUT2D eigenvalue weighted by Crippen LogP contribution is 2.27. The summed E-state index contributed by atoms with van der Waals surface area (Å²) in [6.45, 7) is 2.24. The molecule has 10 heteroatoms. The maximum Gasteiger partial charge on any atom is 0.262 e. The molecular formula is C10H17N5O3S2. The normalized spacial score (nSPS) is 12.4. The lowest BCUT2D eigenvalue weighted by molar-refractivity contribution is 0.271. The van der Waals surface area contributed by atoms with Gasteiger partial charge < -0.3 is 10.5 Å². The van der Waals surface area contributed by atoms with E-state index in [0.29, 0.717) is 17.9 Å². The molecule has 0 amide bonds. The van der Waals surface area contributed by atoms with Crippen molar-refractivity contribution in [2.75, 3.05) is 25.1 Å². The number of anilines is 1. The zero-order valence-electron chi connectivity index (χ0n) is 11.0. The second-order valence-corrected chi connectivity index (χ2v) is 6.77. The summed E-state index contributed by atoms with van der Waals surface area (Å²) in [4.78, 5) is 4.70. The number of sulfonamides is 1. The standard InChI is InChI=1S/C10H17N5O3S2/c1-2-14(4-3-6-16)20(17,18)9-8(13-11)12-10-15(9)5-7-19-10/h5,7,13,16H,2-4,6,11H2,1H3. The molecule has 0 aliphatic heterocycles. The molecule has 112 valence electrons. The van der Waals surface area contributed by atoms with E-state index in [2.05, 4.69) is 10.4 Å². The first-order chi connectivity index (χ1) is 9.56. The summed E-state index contributed by atoms with van der Waals surface area (Å²) < 4.78 is 28.2. The van der Waals surface area contributed by atoms with Crippen molar-refractivity contribution in [3.05, 3.63) is 11.6 Å². The van der Waals surface area contributed by atoms with E-state index in [1.165, 1.54) is 20.0 Å². The number of nitrogens with one attached hydrogen (secondary N) is 1. The van der Waals surface area contributed by atoms with E-state index >= 15 is 0 Å². The Morgan fingerprint density at radius 1 is 1.60 bits per heavy atom. The molecule has 0 aliphatic carbocycles. The topological polar surface area (TPSA) is 113 Å². The number of thiazole rings is 1. The number of rotatable bonds is 7. The molecule has 0 radical (unpaired) electrons. The van der Waals surface area contributed by atoms with Gasteiger partial charge in [-0.25, -0.2) is 14.3 Å². The minimum Gasteiger partial charge on any atom is -0.396 e. The van der Waals surface area contributed by atoms with Gasteiger partial charge in [0.15, 0.2) is 10.8 Å². The summed E-state index contributed by atoms with van der Waals surface area (Å²) in [5.74, 6) is 5.49. The summed E-state index contributed by atoms with van der Waals surface area (Å²) in [6.07, 6.45) is 2.02. The number of nitrogens with two attached hydrogens (primary N) is 1. The van der Waals surface area contributed by atoms with Gasteiger partial charge in [-0.05, 0) is 6.42 Å². The highest BCUT2D eigenvalue weighted by Gasteiger charge is 2.30. The zero-order chi connectivity index (χ0) is 14.8. The first-order valence-electron chi connectivity index (χ1n) is 6.09. The fourth-order valence-corrected chi connectivity index (χ4v) is 4.39. The maximum atomic E-state index is 12.7. The summed E-state index contributed by atoms with van der Waals surface area (Å²) in [5, 5.41) is 10.7. The number of hydrogen-bond donors (Lipinski definition) is 3. The Hall–Kier alpha value is -1.20.